The van der Waals surface area contributed by atoms with E-state index in [1.165, 1.54) is 24.3 Å². The lowest BCUT2D eigenvalue weighted by Crippen LogP contribution is -2.33. The lowest BCUT2D eigenvalue weighted by molar-refractivity contribution is -0.139. The van der Waals surface area contributed by atoms with Gasteiger partial charge in [0.05, 0.1) is 12.2 Å². The first-order valence-electron chi connectivity index (χ1n) is 7.67. The van der Waals surface area contributed by atoms with Gasteiger partial charge in [-0.15, -0.1) is 0 Å². The summed E-state index contributed by atoms with van der Waals surface area (Å²) in [5.74, 6) is -1.24. The normalized spacial score (nSPS) is 19.0. The van der Waals surface area contributed by atoms with Gasteiger partial charge >= 0.3 is 0 Å². The molecule has 24 heavy (non-hydrogen) atoms. The number of carbonyl (C=O) groups excluding carboxylic acids is 4. The fraction of sp³-hybridized carbons (Fsp3) is 0.500. The van der Waals surface area contributed by atoms with E-state index in [1.807, 2.05) is 0 Å². The number of rotatable bonds is 6. The Hall–Kier alpha value is -2.32. The average Bonchev–Trinajstić information content (AvgIpc) is 3.00. The van der Waals surface area contributed by atoms with E-state index < -0.39 is 12.2 Å². The molecular weight excluding hydrogens is 316 g/mol. The van der Waals surface area contributed by atoms with E-state index in [2.05, 4.69) is 0 Å². The SMILES string of the molecule is CC(O)C(C)O.O=C1C=CC(=O)N1CCCCN1C(=O)C=CC1=O. The molecule has 0 fully saturated rings. The first kappa shape index (κ1) is 19.7. The molecule has 8 nitrogen and oxygen atoms in total. The van der Waals surface area contributed by atoms with Gasteiger partial charge in [0.1, 0.15) is 0 Å². The number of aliphatic hydroxyl groups is 2. The molecule has 0 saturated carbocycles. The highest BCUT2D eigenvalue weighted by Gasteiger charge is 2.24. The van der Waals surface area contributed by atoms with Gasteiger partial charge in [0.15, 0.2) is 0 Å². The van der Waals surface area contributed by atoms with E-state index in [-0.39, 0.29) is 23.6 Å². The number of aliphatic hydroxyl groups excluding tert-OH is 2. The summed E-state index contributed by atoms with van der Waals surface area (Å²) in [6, 6.07) is 0. The smallest absolute Gasteiger partial charge is 0.253 e. The first-order valence-corrected chi connectivity index (χ1v) is 7.67. The number of hydrogen-bond acceptors (Lipinski definition) is 6. The Labute approximate surface area is 140 Å². The van der Waals surface area contributed by atoms with Gasteiger partial charge in [0.2, 0.25) is 0 Å². The second-order valence-corrected chi connectivity index (χ2v) is 5.51. The minimum absolute atomic E-state index is 0.310. The van der Waals surface area contributed by atoms with Crippen LogP contribution >= 0.6 is 0 Å². The Morgan fingerprint density at radius 3 is 1.17 bits per heavy atom. The molecular formula is C16H22N2O6. The average molecular weight is 338 g/mol. The van der Waals surface area contributed by atoms with Crippen LogP contribution < -0.4 is 0 Å². The fourth-order valence-electron chi connectivity index (χ4n) is 1.84. The third-order valence-corrected chi connectivity index (χ3v) is 3.51. The Morgan fingerprint density at radius 2 is 0.958 bits per heavy atom. The van der Waals surface area contributed by atoms with E-state index in [0.717, 1.165) is 9.80 Å². The second-order valence-electron chi connectivity index (χ2n) is 5.51. The summed E-state index contributed by atoms with van der Waals surface area (Å²) in [6.45, 7) is 3.72. The highest BCUT2D eigenvalue weighted by molar-refractivity contribution is 6.13. The summed E-state index contributed by atoms with van der Waals surface area (Å²) in [5.41, 5.74) is 0. The molecule has 2 aliphatic heterocycles. The van der Waals surface area contributed by atoms with Crippen LogP contribution in [0.25, 0.3) is 0 Å². The maximum absolute atomic E-state index is 11.2. The van der Waals surface area contributed by atoms with Gasteiger partial charge in [0.25, 0.3) is 23.6 Å². The number of amides is 4. The van der Waals surface area contributed by atoms with Crippen molar-refractivity contribution in [1.29, 1.82) is 0 Å². The van der Waals surface area contributed by atoms with Crippen molar-refractivity contribution >= 4 is 23.6 Å². The van der Waals surface area contributed by atoms with Crippen LogP contribution in [0.3, 0.4) is 0 Å². The maximum atomic E-state index is 11.2. The van der Waals surface area contributed by atoms with Gasteiger partial charge in [-0.2, -0.15) is 0 Å². The molecule has 2 atom stereocenters. The molecule has 2 aliphatic rings. The molecule has 4 amide bonds. The number of carbonyl (C=O) groups is 4. The van der Waals surface area contributed by atoms with Crippen LogP contribution in [0.2, 0.25) is 0 Å². The summed E-state index contributed by atoms with van der Waals surface area (Å²) >= 11 is 0. The molecule has 0 spiro atoms. The Morgan fingerprint density at radius 1 is 0.708 bits per heavy atom. The number of nitrogens with zero attached hydrogens (tertiary/aromatic N) is 2. The predicted molar refractivity (Wildman–Crippen MR) is 84.3 cm³/mol. The van der Waals surface area contributed by atoms with E-state index >= 15 is 0 Å². The molecule has 0 saturated heterocycles. The minimum Gasteiger partial charge on any atom is -0.391 e. The summed E-state index contributed by atoms with van der Waals surface area (Å²) in [4.78, 5) is 47.2. The summed E-state index contributed by atoms with van der Waals surface area (Å²) in [7, 11) is 0. The summed E-state index contributed by atoms with van der Waals surface area (Å²) in [5, 5.41) is 16.8. The van der Waals surface area contributed by atoms with Crippen LogP contribution in [0.5, 0.6) is 0 Å². The van der Waals surface area contributed by atoms with Crippen molar-refractivity contribution in [1.82, 2.24) is 9.80 Å². The standard InChI is InChI=1S/C12H12N2O4.C4H10O2/c15-9-3-4-10(16)13(9)7-1-2-8-14-11(17)5-6-12(14)18;1-3(5)4(2)6/h3-6H,1-2,7-8H2;3-6H,1-2H3. The number of hydrogen-bond donors (Lipinski definition) is 2. The number of unbranched alkanes of at least 4 members (excludes halogenated alkanes) is 1. The van der Waals surface area contributed by atoms with Crippen molar-refractivity contribution in [3.63, 3.8) is 0 Å². The second kappa shape index (κ2) is 9.09. The van der Waals surface area contributed by atoms with Crippen LogP contribution in [0.15, 0.2) is 24.3 Å². The van der Waals surface area contributed by atoms with E-state index in [9.17, 15) is 19.2 Å². The van der Waals surface area contributed by atoms with Gasteiger partial charge in [-0.3, -0.25) is 29.0 Å². The van der Waals surface area contributed by atoms with Crippen LogP contribution in [0.1, 0.15) is 26.7 Å². The van der Waals surface area contributed by atoms with Crippen LogP contribution in [-0.4, -0.2) is 68.9 Å². The van der Waals surface area contributed by atoms with Gasteiger partial charge in [0, 0.05) is 37.4 Å². The minimum atomic E-state index is -0.593. The maximum Gasteiger partial charge on any atom is 0.253 e. The lowest BCUT2D eigenvalue weighted by Gasteiger charge is -2.16. The van der Waals surface area contributed by atoms with Crippen molar-refractivity contribution in [2.45, 2.75) is 38.9 Å². The monoisotopic (exact) mass is 338 g/mol. The van der Waals surface area contributed by atoms with Crippen LogP contribution in [-0.2, 0) is 19.2 Å². The number of imide groups is 2. The zero-order valence-corrected chi connectivity index (χ0v) is 13.7. The predicted octanol–water partition coefficient (Wildman–Crippen LogP) is -0.635. The Bertz CT molecular complexity index is 479. The van der Waals surface area contributed by atoms with Crippen LogP contribution in [0.4, 0.5) is 0 Å². The van der Waals surface area contributed by atoms with Crippen molar-refractivity contribution in [2.24, 2.45) is 0 Å². The largest absolute Gasteiger partial charge is 0.391 e. The Kier molecular flexibility index (Phi) is 7.47. The molecule has 2 N–H and O–H groups in total. The topological polar surface area (TPSA) is 115 Å². The summed E-state index contributed by atoms with van der Waals surface area (Å²) in [6.07, 6.45) is 4.89. The van der Waals surface area contributed by atoms with Crippen molar-refractivity contribution in [2.75, 3.05) is 13.1 Å². The first-order chi connectivity index (χ1) is 11.2. The Balaban J connectivity index is 0.000000413. The molecule has 0 bridgehead atoms. The molecule has 132 valence electrons. The zero-order valence-electron chi connectivity index (χ0n) is 13.7. The van der Waals surface area contributed by atoms with Gasteiger partial charge < -0.3 is 10.2 Å². The molecule has 0 aliphatic carbocycles. The highest BCUT2D eigenvalue weighted by atomic mass is 16.3. The van der Waals surface area contributed by atoms with Crippen LogP contribution in [0, 0.1) is 0 Å². The lowest BCUT2D eigenvalue weighted by atomic mass is 10.2. The van der Waals surface area contributed by atoms with E-state index in [4.69, 9.17) is 10.2 Å². The molecule has 0 aromatic rings. The quantitative estimate of drug-likeness (QED) is 0.492. The molecule has 0 aromatic carbocycles. The summed E-state index contributed by atoms with van der Waals surface area (Å²) < 4.78 is 0. The van der Waals surface area contributed by atoms with Crippen molar-refractivity contribution in [3.8, 4) is 0 Å². The zero-order chi connectivity index (χ0) is 18.3. The molecule has 0 aromatic heterocycles. The van der Waals surface area contributed by atoms with Crippen molar-refractivity contribution in [3.05, 3.63) is 24.3 Å². The third-order valence-electron chi connectivity index (χ3n) is 3.51. The molecule has 8 heteroatoms. The molecule has 2 unspecified atom stereocenters. The van der Waals surface area contributed by atoms with Gasteiger partial charge in [-0.1, -0.05) is 0 Å². The van der Waals surface area contributed by atoms with Gasteiger partial charge in [-0.25, -0.2) is 0 Å². The molecule has 2 rings (SSSR count). The van der Waals surface area contributed by atoms with E-state index in [0.29, 0.717) is 25.9 Å². The van der Waals surface area contributed by atoms with Crippen molar-refractivity contribution < 1.29 is 29.4 Å². The fourth-order valence-corrected chi connectivity index (χ4v) is 1.84. The third kappa shape index (κ3) is 5.71. The molecule has 0 radical (unpaired) electrons. The highest BCUT2D eigenvalue weighted by Crippen LogP contribution is 2.08. The van der Waals surface area contributed by atoms with Gasteiger partial charge in [-0.05, 0) is 26.7 Å². The molecule has 2 heterocycles. The van der Waals surface area contributed by atoms with E-state index in [1.54, 1.807) is 13.8 Å².